The van der Waals surface area contributed by atoms with E-state index in [0.29, 0.717) is 5.92 Å². The molecule has 1 N–H and O–H groups in total. The lowest BCUT2D eigenvalue weighted by Gasteiger charge is -2.31. The Morgan fingerprint density at radius 1 is 1.35 bits per heavy atom. The molecule has 4 heteroatoms. The Morgan fingerprint density at radius 3 is 3.05 bits per heavy atom. The van der Waals surface area contributed by atoms with Crippen LogP contribution in [0.4, 0.5) is 0 Å². The van der Waals surface area contributed by atoms with Gasteiger partial charge in [0.2, 0.25) is 0 Å². The Kier molecular flexibility index (Phi) is 4.03. The van der Waals surface area contributed by atoms with Crippen LogP contribution >= 0.6 is 0 Å². The van der Waals surface area contributed by atoms with Crippen LogP contribution in [0.5, 0.6) is 0 Å². The molecule has 20 heavy (non-hydrogen) atoms. The second-order valence-corrected chi connectivity index (χ2v) is 5.99. The third-order valence-corrected chi connectivity index (χ3v) is 4.34. The third-order valence-electron chi connectivity index (χ3n) is 4.34. The summed E-state index contributed by atoms with van der Waals surface area (Å²) in [7, 11) is 2.13. The summed E-state index contributed by atoms with van der Waals surface area (Å²) in [5, 5.41) is 10.1. The van der Waals surface area contributed by atoms with Crippen LogP contribution in [0.1, 0.15) is 31.4 Å². The highest BCUT2D eigenvalue weighted by molar-refractivity contribution is 5.39. The quantitative estimate of drug-likeness (QED) is 0.929. The first kappa shape index (κ1) is 13.6. The number of rotatable bonds is 4. The van der Waals surface area contributed by atoms with E-state index in [1.54, 1.807) is 0 Å². The van der Waals surface area contributed by atoms with Crippen molar-refractivity contribution in [3.05, 3.63) is 36.3 Å². The van der Waals surface area contributed by atoms with E-state index in [1.807, 2.05) is 24.4 Å². The minimum atomic E-state index is -0.117. The maximum absolute atomic E-state index is 10.1. The molecule has 1 saturated carbocycles. The SMILES string of the molecule is CN(Cc1cnc2ccccn12)CC1CCCCC1O. The molecule has 0 radical (unpaired) electrons. The summed E-state index contributed by atoms with van der Waals surface area (Å²) in [6.45, 7) is 1.83. The molecule has 0 aromatic carbocycles. The van der Waals surface area contributed by atoms with Gasteiger partial charge in [-0.3, -0.25) is 0 Å². The lowest BCUT2D eigenvalue weighted by Crippen LogP contribution is -2.34. The molecule has 0 aliphatic heterocycles. The average molecular weight is 273 g/mol. The predicted molar refractivity (Wildman–Crippen MR) is 79.5 cm³/mol. The van der Waals surface area contributed by atoms with E-state index in [1.165, 1.54) is 18.5 Å². The summed E-state index contributed by atoms with van der Waals surface area (Å²) >= 11 is 0. The van der Waals surface area contributed by atoms with Gasteiger partial charge >= 0.3 is 0 Å². The van der Waals surface area contributed by atoms with Crippen LogP contribution in [0.25, 0.3) is 5.65 Å². The fourth-order valence-electron chi connectivity index (χ4n) is 3.24. The zero-order valence-corrected chi connectivity index (χ0v) is 12.1. The van der Waals surface area contributed by atoms with Crippen molar-refractivity contribution in [3.63, 3.8) is 0 Å². The van der Waals surface area contributed by atoms with Crippen LogP contribution < -0.4 is 0 Å². The molecule has 1 aliphatic rings. The van der Waals surface area contributed by atoms with Gasteiger partial charge in [0.1, 0.15) is 5.65 Å². The van der Waals surface area contributed by atoms with Gasteiger partial charge in [-0.05, 0) is 37.9 Å². The monoisotopic (exact) mass is 273 g/mol. The highest BCUT2D eigenvalue weighted by atomic mass is 16.3. The maximum atomic E-state index is 10.1. The van der Waals surface area contributed by atoms with Crippen LogP contribution in [0.2, 0.25) is 0 Å². The molecule has 2 aromatic heterocycles. The predicted octanol–water partition coefficient (Wildman–Crippen LogP) is 2.32. The Labute approximate surface area is 120 Å². The van der Waals surface area contributed by atoms with E-state index in [4.69, 9.17) is 0 Å². The number of fused-ring (bicyclic) bond motifs is 1. The Balaban J connectivity index is 1.65. The van der Waals surface area contributed by atoms with Crippen LogP contribution in [0, 0.1) is 5.92 Å². The highest BCUT2D eigenvalue weighted by Crippen LogP contribution is 2.25. The Hall–Kier alpha value is -1.39. The van der Waals surface area contributed by atoms with Crippen molar-refractivity contribution < 1.29 is 5.11 Å². The molecule has 3 rings (SSSR count). The summed E-state index contributed by atoms with van der Waals surface area (Å²) in [4.78, 5) is 6.72. The van der Waals surface area contributed by atoms with E-state index in [2.05, 4.69) is 27.5 Å². The summed E-state index contributed by atoms with van der Waals surface area (Å²) in [5.74, 6) is 0.424. The van der Waals surface area contributed by atoms with Gasteiger partial charge in [0.15, 0.2) is 0 Å². The summed E-state index contributed by atoms with van der Waals surface area (Å²) < 4.78 is 2.13. The fraction of sp³-hybridized carbons (Fsp3) is 0.562. The first-order valence-electron chi connectivity index (χ1n) is 7.51. The molecule has 1 aliphatic carbocycles. The number of pyridine rings is 1. The average Bonchev–Trinajstić information content (AvgIpc) is 2.85. The summed E-state index contributed by atoms with van der Waals surface area (Å²) in [6, 6.07) is 6.06. The highest BCUT2D eigenvalue weighted by Gasteiger charge is 2.24. The van der Waals surface area contributed by atoms with Crippen molar-refractivity contribution in [1.29, 1.82) is 0 Å². The second-order valence-electron chi connectivity index (χ2n) is 5.99. The molecule has 2 atom stereocenters. The van der Waals surface area contributed by atoms with Gasteiger partial charge in [0.25, 0.3) is 0 Å². The van der Waals surface area contributed by atoms with Crippen LogP contribution in [-0.4, -0.2) is 39.1 Å². The van der Waals surface area contributed by atoms with Gasteiger partial charge in [-0.25, -0.2) is 4.98 Å². The zero-order chi connectivity index (χ0) is 13.9. The van der Waals surface area contributed by atoms with Crippen LogP contribution in [-0.2, 0) is 6.54 Å². The van der Waals surface area contributed by atoms with Gasteiger partial charge in [-0.15, -0.1) is 0 Å². The molecule has 108 valence electrons. The van der Waals surface area contributed by atoms with Crippen molar-refractivity contribution in [2.75, 3.05) is 13.6 Å². The minimum absolute atomic E-state index is 0.117. The van der Waals surface area contributed by atoms with Gasteiger partial charge in [0, 0.05) is 19.3 Å². The van der Waals surface area contributed by atoms with Crippen molar-refractivity contribution >= 4 is 5.65 Å². The standard InChI is InChI=1S/C16H23N3O/c1-18(11-13-6-2-3-7-15(13)20)12-14-10-17-16-8-4-5-9-19(14)16/h4-5,8-10,13,15,20H,2-3,6-7,11-12H2,1H3. The van der Waals surface area contributed by atoms with Crippen molar-refractivity contribution in [2.24, 2.45) is 5.92 Å². The largest absolute Gasteiger partial charge is 0.393 e. The molecule has 0 saturated heterocycles. The fourth-order valence-corrected chi connectivity index (χ4v) is 3.24. The van der Waals surface area contributed by atoms with Gasteiger partial charge in [-0.2, -0.15) is 0 Å². The van der Waals surface area contributed by atoms with E-state index in [9.17, 15) is 5.11 Å². The maximum Gasteiger partial charge on any atom is 0.136 e. The first-order chi connectivity index (χ1) is 9.74. The number of aromatic nitrogens is 2. The third kappa shape index (κ3) is 2.86. The molecule has 2 aromatic rings. The van der Waals surface area contributed by atoms with Gasteiger partial charge in [0.05, 0.1) is 18.0 Å². The number of imidazole rings is 1. The van der Waals surface area contributed by atoms with Crippen molar-refractivity contribution in [3.8, 4) is 0 Å². The summed E-state index contributed by atoms with van der Waals surface area (Å²) in [6.07, 6.45) is 8.44. The Morgan fingerprint density at radius 2 is 2.20 bits per heavy atom. The first-order valence-corrected chi connectivity index (χ1v) is 7.51. The molecular weight excluding hydrogens is 250 g/mol. The molecule has 2 unspecified atom stereocenters. The number of aliphatic hydroxyl groups excluding tert-OH is 1. The molecule has 0 spiro atoms. The van der Waals surface area contributed by atoms with E-state index < -0.39 is 0 Å². The van der Waals surface area contributed by atoms with Crippen molar-refractivity contribution in [1.82, 2.24) is 14.3 Å². The number of hydrogen-bond acceptors (Lipinski definition) is 3. The number of nitrogens with zero attached hydrogens (tertiary/aromatic N) is 3. The van der Waals surface area contributed by atoms with Crippen molar-refractivity contribution in [2.45, 2.75) is 38.3 Å². The molecule has 1 fully saturated rings. The smallest absolute Gasteiger partial charge is 0.136 e. The molecule has 0 amide bonds. The lowest BCUT2D eigenvalue weighted by molar-refractivity contribution is 0.0499. The van der Waals surface area contributed by atoms with Crippen LogP contribution in [0.15, 0.2) is 30.6 Å². The molecule has 2 heterocycles. The zero-order valence-electron chi connectivity index (χ0n) is 12.1. The number of aliphatic hydroxyl groups is 1. The topological polar surface area (TPSA) is 40.8 Å². The molecule has 4 nitrogen and oxygen atoms in total. The van der Waals surface area contributed by atoms with E-state index in [-0.39, 0.29) is 6.10 Å². The van der Waals surface area contributed by atoms with Crippen LogP contribution in [0.3, 0.4) is 0 Å². The molecule has 0 bridgehead atoms. The summed E-state index contributed by atoms with van der Waals surface area (Å²) in [5.41, 5.74) is 2.20. The molecular formula is C16H23N3O. The van der Waals surface area contributed by atoms with Gasteiger partial charge in [-0.1, -0.05) is 18.9 Å². The normalized spacial score (nSPS) is 23.6. The van der Waals surface area contributed by atoms with Gasteiger partial charge < -0.3 is 14.4 Å². The van der Waals surface area contributed by atoms with E-state index in [0.717, 1.165) is 31.6 Å². The second kappa shape index (κ2) is 5.94. The van der Waals surface area contributed by atoms with E-state index >= 15 is 0 Å². The lowest BCUT2D eigenvalue weighted by atomic mass is 9.86. The Bertz CT molecular complexity index is 566. The minimum Gasteiger partial charge on any atom is -0.393 e. The number of hydrogen-bond donors (Lipinski definition) is 1.